The number of nitrogens with two attached hydrogens (primary N) is 1. The van der Waals surface area contributed by atoms with E-state index in [1.165, 1.54) is 0 Å². The van der Waals surface area contributed by atoms with Crippen molar-refractivity contribution in [2.24, 2.45) is 10.9 Å². The van der Waals surface area contributed by atoms with Crippen LogP contribution in [0.3, 0.4) is 0 Å². The summed E-state index contributed by atoms with van der Waals surface area (Å²) in [5.41, 5.74) is 6.68. The van der Waals surface area contributed by atoms with Gasteiger partial charge in [-0.05, 0) is 44.1 Å². The summed E-state index contributed by atoms with van der Waals surface area (Å²) in [5, 5.41) is 15.4. The average Bonchev–Trinajstić information content (AvgIpc) is 2.55. The van der Waals surface area contributed by atoms with Gasteiger partial charge >= 0.3 is 0 Å². The van der Waals surface area contributed by atoms with Gasteiger partial charge in [0.15, 0.2) is 5.84 Å². The van der Waals surface area contributed by atoms with Crippen molar-refractivity contribution >= 4 is 23.5 Å². The molecule has 114 valence electrons. The van der Waals surface area contributed by atoms with Crippen LogP contribution in [-0.4, -0.2) is 34.5 Å². The molecule has 1 amide bonds. The first-order valence-electron chi connectivity index (χ1n) is 7.05. The minimum atomic E-state index is -0.0614. The van der Waals surface area contributed by atoms with E-state index >= 15 is 0 Å². The van der Waals surface area contributed by atoms with Gasteiger partial charge in [-0.25, -0.2) is 0 Å². The molecule has 0 saturated heterocycles. The van der Waals surface area contributed by atoms with Crippen LogP contribution in [0.2, 0.25) is 0 Å². The molecule has 0 bridgehead atoms. The third-order valence-electron chi connectivity index (χ3n) is 3.89. The zero-order chi connectivity index (χ0) is 15.2. The number of carbonyl (C=O) groups excluding carboxylic acids is 1. The number of nitrogens with zero attached hydrogens (tertiary/aromatic N) is 1. The second-order valence-corrected chi connectivity index (χ2v) is 6.38. The number of thioether (sulfide) groups is 1. The standard InChI is InChI=1S/C15H21N3O2S/c1-21-13-8-6-12(7-9-13)17-15(19)11-4-2-10(3-5-11)14(16)18-20/h2-5,12-13,20H,6-9H2,1H3,(H2,16,18)(H,17,19). The van der Waals surface area contributed by atoms with E-state index in [2.05, 4.69) is 16.7 Å². The first-order valence-corrected chi connectivity index (χ1v) is 8.34. The van der Waals surface area contributed by atoms with Gasteiger partial charge in [-0.15, -0.1) is 0 Å². The molecular weight excluding hydrogens is 286 g/mol. The highest BCUT2D eigenvalue weighted by atomic mass is 32.2. The summed E-state index contributed by atoms with van der Waals surface area (Å²) in [6, 6.07) is 7.00. The molecule has 0 unspecified atom stereocenters. The van der Waals surface area contributed by atoms with Gasteiger partial charge < -0.3 is 16.3 Å². The van der Waals surface area contributed by atoms with E-state index in [0.717, 1.165) is 30.9 Å². The van der Waals surface area contributed by atoms with Crippen molar-refractivity contribution in [3.63, 3.8) is 0 Å². The summed E-state index contributed by atoms with van der Waals surface area (Å²) in [6.07, 6.45) is 6.55. The van der Waals surface area contributed by atoms with Gasteiger partial charge in [-0.1, -0.05) is 17.3 Å². The number of nitrogens with one attached hydrogen (secondary N) is 1. The highest BCUT2D eigenvalue weighted by Gasteiger charge is 2.22. The lowest BCUT2D eigenvalue weighted by atomic mass is 9.94. The van der Waals surface area contributed by atoms with E-state index in [1.807, 2.05) is 11.8 Å². The molecular formula is C15H21N3O2S. The van der Waals surface area contributed by atoms with Crippen LogP contribution in [0, 0.1) is 0 Å². The lowest BCUT2D eigenvalue weighted by Gasteiger charge is -2.28. The molecule has 1 fully saturated rings. The summed E-state index contributed by atoms with van der Waals surface area (Å²) < 4.78 is 0. The van der Waals surface area contributed by atoms with Crippen molar-refractivity contribution in [2.75, 3.05) is 6.26 Å². The van der Waals surface area contributed by atoms with Gasteiger partial charge in [-0.2, -0.15) is 11.8 Å². The first kappa shape index (κ1) is 15.7. The number of oxime groups is 1. The molecule has 1 aromatic carbocycles. The zero-order valence-electron chi connectivity index (χ0n) is 12.1. The van der Waals surface area contributed by atoms with Gasteiger partial charge in [0.2, 0.25) is 0 Å². The Morgan fingerprint density at radius 2 is 1.81 bits per heavy atom. The molecule has 1 saturated carbocycles. The molecule has 0 radical (unpaired) electrons. The number of carbonyl (C=O) groups is 1. The van der Waals surface area contributed by atoms with Crippen molar-refractivity contribution < 1.29 is 10.0 Å². The molecule has 1 aromatic rings. The third-order valence-corrected chi connectivity index (χ3v) is 5.03. The molecule has 0 aromatic heterocycles. The fourth-order valence-corrected chi connectivity index (χ4v) is 3.31. The topological polar surface area (TPSA) is 87.7 Å². The Morgan fingerprint density at radius 3 is 2.33 bits per heavy atom. The van der Waals surface area contributed by atoms with E-state index in [9.17, 15) is 4.79 Å². The molecule has 0 heterocycles. The van der Waals surface area contributed by atoms with Crippen LogP contribution in [0.5, 0.6) is 0 Å². The van der Waals surface area contributed by atoms with Crippen LogP contribution in [0.25, 0.3) is 0 Å². The third kappa shape index (κ3) is 4.14. The van der Waals surface area contributed by atoms with Crippen LogP contribution in [-0.2, 0) is 0 Å². The molecule has 1 aliphatic rings. The second-order valence-electron chi connectivity index (χ2n) is 5.25. The Kier molecular flexibility index (Phi) is 5.50. The summed E-state index contributed by atoms with van der Waals surface area (Å²) in [6.45, 7) is 0. The Morgan fingerprint density at radius 1 is 1.24 bits per heavy atom. The molecule has 0 aliphatic heterocycles. The molecule has 5 nitrogen and oxygen atoms in total. The van der Waals surface area contributed by atoms with Crippen LogP contribution < -0.4 is 11.1 Å². The van der Waals surface area contributed by atoms with Crippen LogP contribution >= 0.6 is 11.8 Å². The highest BCUT2D eigenvalue weighted by Crippen LogP contribution is 2.26. The van der Waals surface area contributed by atoms with Crippen molar-refractivity contribution in [3.8, 4) is 0 Å². The van der Waals surface area contributed by atoms with Crippen LogP contribution in [0.4, 0.5) is 0 Å². The van der Waals surface area contributed by atoms with Gasteiger partial charge in [0.25, 0.3) is 5.91 Å². The molecule has 21 heavy (non-hydrogen) atoms. The number of benzene rings is 1. The largest absolute Gasteiger partial charge is 0.409 e. The first-order chi connectivity index (χ1) is 10.1. The van der Waals surface area contributed by atoms with E-state index in [0.29, 0.717) is 11.1 Å². The number of hydrogen-bond acceptors (Lipinski definition) is 4. The Balaban J connectivity index is 1.92. The molecule has 0 atom stereocenters. The maximum Gasteiger partial charge on any atom is 0.251 e. The fourth-order valence-electron chi connectivity index (χ4n) is 2.56. The Hall–Kier alpha value is -1.69. The van der Waals surface area contributed by atoms with Crippen LogP contribution in [0.15, 0.2) is 29.4 Å². The van der Waals surface area contributed by atoms with Crippen LogP contribution in [0.1, 0.15) is 41.6 Å². The smallest absolute Gasteiger partial charge is 0.251 e. The maximum absolute atomic E-state index is 12.2. The van der Waals surface area contributed by atoms with E-state index in [1.54, 1.807) is 24.3 Å². The normalized spacial score (nSPS) is 22.8. The number of hydrogen-bond donors (Lipinski definition) is 3. The molecule has 6 heteroatoms. The zero-order valence-corrected chi connectivity index (χ0v) is 12.9. The SMILES string of the molecule is CSC1CCC(NC(=O)c2ccc(/C(N)=N/O)cc2)CC1. The summed E-state index contributed by atoms with van der Waals surface area (Å²) in [7, 11) is 0. The molecule has 4 N–H and O–H groups in total. The quantitative estimate of drug-likeness (QED) is 0.344. The molecule has 2 rings (SSSR count). The minimum absolute atomic E-state index is 0.0392. The maximum atomic E-state index is 12.2. The Bertz CT molecular complexity index is 508. The number of amidine groups is 1. The monoisotopic (exact) mass is 307 g/mol. The van der Waals surface area contributed by atoms with Crippen molar-refractivity contribution in [1.82, 2.24) is 5.32 Å². The predicted octanol–water partition coefficient (Wildman–Crippen LogP) is 2.19. The van der Waals surface area contributed by atoms with Gasteiger partial charge in [0.1, 0.15) is 0 Å². The summed E-state index contributed by atoms with van der Waals surface area (Å²) in [5.74, 6) is -0.0222. The van der Waals surface area contributed by atoms with E-state index < -0.39 is 0 Å². The molecule has 1 aliphatic carbocycles. The van der Waals surface area contributed by atoms with E-state index in [-0.39, 0.29) is 17.8 Å². The van der Waals surface area contributed by atoms with Crippen molar-refractivity contribution in [3.05, 3.63) is 35.4 Å². The lowest BCUT2D eigenvalue weighted by Crippen LogP contribution is -2.38. The van der Waals surface area contributed by atoms with Gasteiger partial charge in [0.05, 0.1) is 0 Å². The average molecular weight is 307 g/mol. The van der Waals surface area contributed by atoms with Gasteiger partial charge in [-0.3, -0.25) is 4.79 Å². The lowest BCUT2D eigenvalue weighted by molar-refractivity contribution is 0.0928. The minimum Gasteiger partial charge on any atom is -0.409 e. The van der Waals surface area contributed by atoms with Gasteiger partial charge in [0, 0.05) is 22.4 Å². The summed E-state index contributed by atoms with van der Waals surface area (Å²) in [4.78, 5) is 12.2. The number of rotatable bonds is 4. The summed E-state index contributed by atoms with van der Waals surface area (Å²) >= 11 is 1.91. The molecule has 0 spiro atoms. The highest BCUT2D eigenvalue weighted by molar-refractivity contribution is 7.99. The number of amides is 1. The second kappa shape index (κ2) is 7.36. The Labute approximate surface area is 129 Å². The van der Waals surface area contributed by atoms with Crippen molar-refractivity contribution in [2.45, 2.75) is 37.0 Å². The fraction of sp³-hybridized carbons (Fsp3) is 0.467. The van der Waals surface area contributed by atoms with E-state index in [4.69, 9.17) is 10.9 Å². The predicted molar refractivity (Wildman–Crippen MR) is 86.0 cm³/mol. The van der Waals surface area contributed by atoms with Crippen molar-refractivity contribution in [1.29, 1.82) is 0 Å².